The molecule has 0 aromatic heterocycles. The van der Waals surface area contributed by atoms with Crippen LogP contribution in [0.2, 0.25) is 5.02 Å². The Hall–Kier alpha value is -2.96. The third kappa shape index (κ3) is 6.27. The van der Waals surface area contributed by atoms with E-state index in [0.717, 1.165) is 22.6 Å². The highest BCUT2D eigenvalue weighted by Crippen LogP contribution is 2.19. The van der Waals surface area contributed by atoms with Gasteiger partial charge >= 0.3 is 0 Å². The number of halogens is 2. The third-order valence-electron chi connectivity index (χ3n) is 4.02. The largest absolute Gasteiger partial charge is 0.489 e. The van der Waals surface area contributed by atoms with E-state index in [4.69, 9.17) is 28.6 Å². The number of rotatable bonds is 6. The van der Waals surface area contributed by atoms with Gasteiger partial charge in [-0.05, 0) is 72.7 Å². The highest BCUT2D eigenvalue weighted by molar-refractivity contribution is 7.80. The number of nitrogens with one attached hydrogen (secondary N) is 2. The number of nitrogens with zero attached hydrogens (tertiary/aromatic N) is 1. The van der Waals surface area contributed by atoms with Crippen molar-refractivity contribution in [2.24, 2.45) is 5.10 Å². The van der Waals surface area contributed by atoms with E-state index < -0.39 is 5.82 Å². The smallest absolute Gasteiger partial charge is 0.191 e. The maximum atomic E-state index is 13.2. The number of hydrazone groups is 1. The summed E-state index contributed by atoms with van der Waals surface area (Å²) in [5, 5.41) is 7.46. The number of ether oxygens (including phenoxy) is 1. The summed E-state index contributed by atoms with van der Waals surface area (Å²) in [5.41, 5.74) is 6.13. The summed E-state index contributed by atoms with van der Waals surface area (Å²) in [7, 11) is 0. The summed E-state index contributed by atoms with van der Waals surface area (Å²) < 4.78 is 19.0. The van der Waals surface area contributed by atoms with Crippen LogP contribution >= 0.6 is 23.8 Å². The van der Waals surface area contributed by atoms with Gasteiger partial charge in [0.15, 0.2) is 5.11 Å². The standard InChI is InChI=1S/C22H19ClFN3OS/c1-15(26-27-22(29)25-18-9-12-21(24)20(23)13-18)17-7-10-19(11-8-17)28-14-16-5-3-2-4-6-16/h2-13H,14H2,1H3,(H2,25,27,29)/b26-15+. The molecule has 0 amide bonds. The van der Waals surface area contributed by atoms with Crippen molar-refractivity contribution >= 4 is 40.3 Å². The van der Waals surface area contributed by atoms with Crippen LogP contribution in [0.3, 0.4) is 0 Å². The lowest BCUT2D eigenvalue weighted by molar-refractivity contribution is 0.306. The molecule has 148 valence electrons. The van der Waals surface area contributed by atoms with Crippen LogP contribution in [0.1, 0.15) is 18.1 Å². The van der Waals surface area contributed by atoms with Crippen LogP contribution in [-0.2, 0) is 6.61 Å². The Kier molecular flexibility index (Phi) is 7.16. The van der Waals surface area contributed by atoms with Gasteiger partial charge in [-0.1, -0.05) is 41.9 Å². The lowest BCUT2D eigenvalue weighted by Crippen LogP contribution is -2.25. The predicted octanol–water partition coefficient (Wildman–Crippen LogP) is 5.77. The Bertz CT molecular complexity index is 1010. The fourth-order valence-corrected chi connectivity index (χ4v) is 2.81. The molecule has 0 heterocycles. The molecular formula is C22H19ClFN3OS. The van der Waals surface area contributed by atoms with Crippen LogP contribution < -0.4 is 15.5 Å². The van der Waals surface area contributed by atoms with E-state index in [9.17, 15) is 4.39 Å². The maximum absolute atomic E-state index is 13.2. The summed E-state index contributed by atoms with van der Waals surface area (Å²) >= 11 is 11.0. The number of anilines is 1. The van der Waals surface area contributed by atoms with Gasteiger partial charge in [0.05, 0.1) is 10.7 Å². The van der Waals surface area contributed by atoms with Gasteiger partial charge in [0, 0.05) is 5.69 Å². The molecule has 0 spiro atoms. The average Bonchev–Trinajstić information content (AvgIpc) is 2.74. The van der Waals surface area contributed by atoms with Crippen molar-refractivity contribution < 1.29 is 9.13 Å². The van der Waals surface area contributed by atoms with Crippen molar-refractivity contribution in [2.75, 3.05) is 5.32 Å². The Balaban J connectivity index is 1.53. The van der Waals surface area contributed by atoms with E-state index in [0.29, 0.717) is 12.3 Å². The fourth-order valence-electron chi connectivity index (χ4n) is 2.47. The molecule has 0 radical (unpaired) electrons. The monoisotopic (exact) mass is 427 g/mol. The van der Waals surface area contributed by atoms with E-state index in [1.54, 1.807) is 6.07 Å². The normalized spacial score (nSPS) is 11.1. The molecule has 0 atom stereocenters. The van der Waals surface area contributed by atoms with Gasteiger partial charge < -0.3 is 10.1 Å². The van der Waals surface area contributed by atoms with Gasteiger partial charge in [-0.3, -0.25) is 5.43 Å². The molecule has 3 aromatic carbocycles. The maximum Gasteiger partial charge on any atom is 0.191 e. The van der Waals surface area contributed by atoms with Crippen molar-refractivity contribution in [3.05, 3.63) is 94.8 Å². The second-order valence-electron chi connectivity index (χ2n) is 6.19. The minimum Gasteiger partial charge on any atom is -0.489 e. The van der Waals surface area contributed by atoms with E-state index in [1.165, 1.54) is 12.1 Å². The SMILES string of the molecule is C/C(=N\NC(=S)Nc1ccc(F)c(Cl)c1)c1ccc(OCc2ccccc2)cc1. The van der Waals surface area contributed by atoms with Crippen molar-refractivity contribution in [3.63, 3.8) is 0 Å². The first-order chi connectivity index (χ1) is 14.0. The lowest BCUT2D eigenvalue weighted by atomic mass is 10.1. The minimum absolute atomic E-state index is 0.0204. The van der Waals surface area contributed by atoms with Crippen molar-refractivity contribution in [2.45, 2.75) is 13.5 Å². The summed E-state index contributed by atoms with van der Waals surface area (Å²) in [4.78, 5) is 0. The van der Waals surface area contributed by atoms with Gasteiger partial charge in [0.25, 0.3) is 0 Å². The summed E-state index contributed by atoms with van der Waals surface area (Å²) in [5.74, 6) is 0.296. The van der Waals surface area contributed by atoms with Crippen LogP contribution in [0.25, 0.3) is 0 Å². The molecule has 0 saturated heterocycles. The minimum atomic E-state index is -0.485. The molecule has 0 aliphatic rings. The van der Waals surface area contributed by atoms with Crippen molar-refractivity contribution in [1.82, 2.24) is 5.43 Å². The van der Waals surface area contributed by atoms with Gasteiger partial charge in [-0.15, -0.1) is 0 Å². The first kappa shape index (κ1) is 20.8. The molecule has 0 aliphatic carbocycles. The fraction of sp³-hybridized carbons (Fsp3) is 0.0909. The van der Waals surface area contributed by atoms with Crippen LogP contribution in [0.4, 0.5) is 10.1 Å². The first-order valence-corrected chi connectivity index (χ1v) is 9.63. The number of benzene rings is 3. The molecule has 0 unspecified atom stereocenters. The number of hydrogen-bond donors (Lipinski definition) is 2. The lowest BCUT2D eigenvalue weighted by Gasteiger charge is -2.09. The van der Waals surface area contributed by atoms with E-state index in [-0.39, 0.29) is 10.1 Å². The molecule has 0 saturated carbocycles. The quantitative estimate of drug-likeness (QED) is 0.298. The van der Waals surface area contributed by atoms with E-state index in [2.05, 4.69) is 15.8 Å². The van der Waals surface area contributed by atoms with Crippen molar-refractivity contribution in [3.8, 4) is 5.75 Å². The molecule has 29 heavy (non-hydrogen) atoms. The molecule has 3 aromatic rings. The zero-order chi connectivity index (χ0) is 20.6. The topological polar surface area (TPSA) is 45.7 Å². The van der Waals surface area contributed by atoms with Crippen molar-refractivity contribution in [1.29, 1.82) is 0 Å². The highest BCUT2D eigenvalue weighted by Gasteiger charge is 2.03. The first-order valence-electron chi connectivity index (χ1n) is 8.85. The molecule has 0 fully saturated rings. The Morgan fingerprint density at radius 1 is 1.07 bits per heavy atom. The van der Waals surface area contributed by atoms with Crippen LogP contribution in [0.5, 0.6) is 5.75 Å². The molecule has 0 aliphatic heterocycles. The Morgan fingerprint density at radius 3 is 2.48 bits per heavy atom. The van der Waals surface area contributed by atoms with Crippen LogP contribution in [-0.4, -0.2) is 10.8 Å². The Labute approximate surface area is 179 Å². The zero-order valence-corrected chi connectivity index (χ0v) is 17.2. The van der Waals surface area contributed by atoms with Gasteiger partial charge in [0.1, 0.15) is 18.2 Å². The summed E-state index contributed by atoms with van der Waals surface area (Å²) in [6, 6.07) is 21.9. The molecule has 0 bridgehead atoms. The second kappa shape index (κ2) is 10.0. The van der Waals surface area contributed by atoms with E-state index in [1.807, 2.05) is 61.5 Å². The van der Waals surface area contributed by atoms with Crippen LogP contribution in [0.15, 0.2) is 77.9 Å². The number of thiocarbonyl (C=S) groups is 1. The van der Waals surface area contributed by atoms with Gasteiger partial charge in [0.2, 0.25) is 0 Å². The van der Waals surface area contributed by atoms with Gasteiger partial charge in [-0.2, -0.15) is 5.10 Å². The zero-order valence-electron chi connectivity index (χ0n) is 15.7. The average molecular weight is 428 g/mol. The number of hydrogen-bond acceptors (Lipinski definition) is 3. The molecule has 7 heteroatoms. The predicted molar refractivity (Wildman–Crippen MR) is 120 cm³/mol. The van der Waals surface area contributed by atoms with E-state index >= 15 is 0 Å². The molecule has 2 N–H and O–H groups in total. The van der Waals surface area contributed by atoms with Crippen LogP contribution in [0, 0.1) is 5.82 Å². The Morgan fingerprint density at radius 2 is 1.79 bits per heavy atom. The summed E-state index contributed by atoms with van der Waals surface area (Å²) in [6.45, 7) is 2.38. The molecule has 3 rings (SSSR count). The highest BCUT2D eigenvalue weighted by atomic mass is 35.5. The van der Waals surface area contributed by atoms with Gasteiger partial charge in [-0.25, -0.2) is 4.39 Å². The molecule has 4 nitrogen and oxygen atoms in total. The molecular weight excluding hydrogens is 409 g/mol. The summed E-state index contributed by atoms with van der Waals surface area (Å²) in [6.07, 6.45) is 0. The second-order valence-corrected chi connectivity index (χ2v) is 7.01. The third-order valence-corrected chi connectivity index (χ3v) is 4.51.